The summed E-state index contributed by atoms with van der Waals surface area (Å²) >= 11 is 0. The molecular formula is C24H23N3O2. The molecule has 29 heavy (non-hydrogen) atoms. The Morgan fingerprint density at radius 3 is 2.48 bits per heavy atom. The summed E-state index contributed by atoms with van der Waals surface area (Å²) in [6.07, 6.45) is 0. The first kappa shape index (κ1) is 18.9. The van der Waals surface area contributed by atoms with Crippen LogP contribution in [0.4, 0.5) is 0 Å². The molecule has 1 amide bonds. The smallest absolute Gasteiger partial charge is 0.259 e. The fourth-order valence-electron chi connectivity index (χ4n) is 3.46. The molecule has 2 heterocycles. The van der Waals surface area contributed by atoms with E-state index in [1.54, 1.807) is 4.90 Å². The van der Waals surface area contributed by atoms with Crippen molar-refractivity contribution in [2.24, 2.45) is 0 Å². The van der Waals surface area contributed by atoms with E-state index in [1.165, 1.54) is 5.56 Å². The van der Waals surface area contributed by atoms with Crippen LogP contribution in [0.3, 0.4) is 0 Å². The van der Waals surface area contributed by atoms with Gasteiger partial charge in [-0.3, -0.25) is 4.79 Å². The van der Waals surface area contributed by atoms with Crippen molar-refractivity contribution in [1.29, 1.82) is 0 Å². The normalized spacial score (nSPS) is 11.0. The molecule has 0 N–H and O–H groups in total. The van der Waals surface area contributed by atoms with Crippen molar-refractivity contribution in [3.63, 3.8) is 0 Å². The first-order chi connectivity index (χ1) is 13.9. The first-order valence-electron chi connectivity index (χ1n) is 9.58. The highest BCUT2D eigenvalue weighted by atomic mass is 16.5. The first-order valence-corrected chi connectivity index (χ1v) is 9.58. The lowest BCUT2D eigenvalue weighted by atomic mass is 10.0. The van der Waals surface area contributed by atoms with Gasteiger partial charge in [-0.25, -0.2) is 4.98 Å². The Morgan fingerprint density at radius 1 is 1.03 bits per heavy atom. The number of aromatic nitrogens is 2. The number of amides is 1. The molecule has 0 saturated heterocycles. The van der Waals surface area contributed by atoms with Gasteiger partial charge in [0.05, 0.1) is 22.3 Å². The molecular weight excluding hydrogens is 362 g/mol. The number of hydrogen-bond donors (Lipinski definition) is 0. The van der Waals surface area contributed by atoms with Gasteiger partial charge in [0.2, 0.25) is 0 Å². The number of hydrogen-bond acceptors (Lipinski definition) is 4. The summed E-state index contributed by atoms with van der Waals surface area (Å²) in [6.45, 7) is 6.45. The molecule has 0 saturated carbocycles. The molecule has 146 valence electrons. The molecule has 0 bridgehead atoms. The number of fused-ring (bicyclic) bond motifs is 1. The Kier molecular flexibility index (Phi) is 4.89. The molecule has 0 unspecified atom stereocenters. The van der Waals surface area contributed by atoms with Crippen LogP contribution in [0.5, 0.6) is 0 Å². The van der Waals surface area contributed by atoms with E-state index < -0.39 is 0 Å². The lowest BCUT2D eigenvalue weighted by Crippen LogP contribution is -2.27. The average Bonchev–Trinajstić information content (AvgIpc) is 3.10. The summed E-state index contributed by atoms with van der Waals surface area (Å²) in [6, 6.07) is 18.0. The molecule has 0 atom stereocenters. The number of rotatable bonds is 4. The van der Waals surface area contributed by atoms with E-state index in [-0.39, 0.29) is 5.91 Å². The number of benzene rings is 2. The van der Waals surface area contributed by atoms with E-state index >= 15 is 0 Å². The quantitative estimate of drug-likeness (QED) is 0.491. The molecule has 0 aliphatic heterocycles. The van der Waals surface area contributed by atoms with E-state index in [9.17, 15) is 4.79 Å². The van der Waals surface area contributed by atoms with E-state index in [0.29, 0.717) is 34.6 Å². The Hall–Kier alpha value is -3.47. The lowest BCUT2D eigenvalue weighted by Gasteiger charge is -2.19. The van der Waals surface area contributed by atoms with Crippen molar-refractivity contribution >= 4 is 17.0 Å². The monoisotopic (exact) mass is 385 g/mol. The van der Waals surface area contributed by atoms with E-state index in [4.69, 9.17) is 4.52 Å². The second kappa shape index (κ2) is 7.51. The molecule has 5 nitrogen and oxygen atoms in total. The number of nitrogens with zero attached hydrogens (tertiary/aromatic N) is 3. The van der Waals surface area contributed by atoms with Crippen LogP contribution in [0.15, 0.2) is 59.1 Å². The van der Waals surface area contributed by atoms with Gasteiger partial charge in [0.15, 0.2) is 0 Å². The van der Waals surface area contributed by atoms with Crippen LogP contribution in [-0.2, 0) is 6.54 Å². The van der Waals surface area contributed by atoms with Gasteiger partial charge in [-0.1, -0.05) is 59.3 Å². The van der Waals surface area contributed by atoms with Gasteiger partial charge in [-0.15, -0.1) is 0 Å². The molecule has 0 spiro atoms. The van der Waals surface area contributed by atoms with Gasteiger partial charge < -0.3 is 9.42 Å². The molecule has 2 aromatic heterocycles. The van der Waals surface area contributed by atoms with E-state index in [2.05, 4.69) is 23.1 Å². The average molecular weight is 385 g/mol. The molecule has 0 radical (unpaired) electrons. The second-order valence-electron chi connectivity index (χ2n) is 7.46. The largest absolute Gasteiger partial charge is 0.337 e. The Morgan fingerprint density at radius 2 is 1.76 bits per heavy atom. The third-order valence-electron chi connectivity index (χ3n) is 5.21. The number of aryl methyl sites for hydroxylation is 3. The molecule has 4 aromatic rings. The summed E-state index contributed by atoms with van der Waals surface area (Å²) in [5, 5.41) is 4.71. The fourth-order valence-corrected chi connectivity index (χ4v) is 3.46. The van der Waals surface area contributed by atoms with Crippen LogP contribution < -0.4 is 0 Å². The highest BCUT2D eigenvalue weighted by molar-refractivity contribution is 6.06. The third kappa shape index (κ3) is 3.63. The maximum Gasteiger partial charge on any atom is 0.259 e. The standard InChI is InChI=1S/C24H23N3O2/c1-15-9-11-18(12-10-15)21-13-20(22-17(3)26-29-23(22)25-21)24(28)27(4)14-19-8-6-5-7-16(19)2/h5-13H,14H2,1-4H3. The molecule has 2 aromatic carbocycles. The van der Waals surface area contributed by atoms with Crippen molar-refractivity contribution in [2.45, 2.75) is 27.3 Å². The SMILES string of the molecule is Cc1ccc(-c2cc(C(=O)N(C)Cc3ccccc3C)c3c(C)noc3n2)cc1. The van der Waals surface area contributed by atoms with Crippen LogP contribution in [0.1, 0.15) is 32.7 Å². The van der Waals surface area contributed by atoms with E-state index in [0.717, 1.165) is 16.7 Å². The zero-order chi connectivity index (χ0) is 20.5. The Labute approximate surface area is 170 Å². The minimum Gasteiger partial charge on any atom is -0.337 e. The second-order valence-corrected chi connectivity index (χ2v) is 7.46. The van der Waals surface area contributed by atoms with Crippen molar-refractivity contribution in [2.75, 3.05) is 7.05 Å². The lowest BCUT2D eigenvalue weighted by molar-refractivity contribution is 0.0786. The van der Waals surface area contributed by atoms with Gasteiger partial charge in [0.1, 0.15) is 0 Å². The molecule has 0 aliphatic rings. The van der Waals surface area contributed by atoms with Crippen LogP contribution in [0, 0.1) is 20.8 Å². The summed E-state index contributed by atoms with van der Waals surface area (Å²) in [5.41, 5.74) is 6.68. The summed E-state index contributed by atoms with van der Waals surface area (Å²) in [4.78, 5) is 19.7. The maximum atomic E-state index is 13.4. The topological polar surface area (TPSA) is 59.2 Å². The van der Waals surface area contributed by atoms with Gasteiger partial charge >= 0.3 is 0 Å². The number of pyridine rings is 1. The zero-order valence-corrected chi connectivity index (χ0v) is 17.1. The van der Waals surface area contributed by atoms with Crippen LogP contribution in [0.2, 0.25) is 0 Å². The maximum absolute atomic E-state index is 13.4. The zero-order valence-electron chi connectivity index (χ0n) is 17.1. The predicted molar refractivity (Wildman–Crippen MR) is 114 cm³/mol. The Bertz CT molecular complexity index is 1190. The van der Waals surface area contributed by atoms with Gasteiger partial charge in [0, 0.05) is 19.2 Å². The summed E-state index contributed by atoms with van der Waals surface area (Å²) in [5.74, 6) is -0.0830. The van der Waals surface area contributed by atoms with E-state index in [1.807, 2.05) is 69.4 Å². The number of carbonyl (C=O) groups is 1. The van der Waals surface area contributed by atoms with Crippen molar-refractivity contribution in [3.05, 3.63) is 82.5 Å². The van der Waals surface area contributed by atoms with Gasteiger partial charge in [-0.2, -0.15) is 0 Å². The van der Waals surface area contributed by atoms with Crippen molar-refractivity contribution in [3.8, 4) is 11.3 Å². The minimum atomic E-state index is -0.0830. The molecule has 0 fully saturated rings. The molecule has 5 heteroatoms. The fraction of sp³-hybridized carbons (Fsp3) is 0.208. The van der Waals surface area contributed by atoms with Crippen molar-refractivity contribution < 1.29 is 9.32 Å². The third-order valence-corrected chi connectivity index (χ3v) is 5.21. The highest BCUT2D eigenvalue weighted by Gasteiger charge is 2.22. The summed E-state index contributed by atoms with van der Waals surface area (Å²) < 4.78 is 5.41. The van der Waals surface area contributed by atoms with Crippen LogP contribution in [0.25, 0.3) is 22.4 Å². The molecule has 0 aliphatic carbocycles. The van der Waals surface area contributed by atoms with Crippen LogP contribution in [-0.4, -0.2) is 28.0 Å². The highest BCUT2D eigenvalue weighted by Crippen LogP contribution is 2.28. The van der Waals surface area contributed by atoms with Gasteiger partial charge in [0.25, 0.3) is 11.6 Å². The minimum absolute atomic E-state index is 0.0830. The summed E-state index contributed by atoms with van der Waals surface area (Å²) in [7, 11) is 1.81. The Balaban J connectivity index is 1.77. The predicted octanol–water partition coefficient (Wildman–Crippen LogP) is 5.09. The number of carbonyl (C=O) groups excluding carboxylic acids is 1. The van der Waals surface area contributed by atoms with Crippen LogP contribution >= 0.6 is 0 Å². The van der Waals surface area contributed by atoms with Gasteiger partial charge in [-0.05, 0) is 38.0 Å². The molecule has 4 rings (SSSR count). The van der Waals surface area contributed by atoms with Crippen molar-refractivity contribution in [1.82, 2.24) is 15.0 Å².